The molecular formula is C19H21N7O3. The van der Waals surface area contributed by atoms with Crippen molar-refractivity contribution in [3.05, 3.63) is 41.5 Å². The summed E-state index contributed by atoms with van der Waals surface area (Å²) in [5, 5.41) is 7.10. The van der Waals surface area contributed by atoms with Gasteiger partial charge in [0.1, 0.15) is 17.0 Å². The van der Waals surface area contributed by atoms with Crippen molar-refractivity contribution < 1.29 is 14.3 Å². The first-order chi connectivity index (χ1) is 14.1. The molecule has 0 unspecified atom stereocenters. The van der Waals surface area contributed by atoms with Crippen LogP contribution in [0.4, 0.5) is 11.5 Å². The molecule has 3 aromatic heterocycles. The first-order valence-electron chi connectivity index (χ1n) is 9.42. The number of nitrogens with two attached hydrogens (primary N) is 1. The van der Waals surface area contributed by atoms with Gasteiger partial charge in [-0.05, 0) is 0 Å². The predicted octanol–water partition coefficient (Wildman–Crippen LogP) is 0.724. The highest BCUT2D eigenvalue weighted by Crippen LogP contribution is 2.27. The molecule has 0 spiro atoms. The predicted molar refractivity (Wildman–Crippen MR) is 105 cm³/mol. The van der Waals surface area contributed by atoms with Gasteiger partial charge >= 0.3 is 0 Å². The third kappa shape index (κ3) is 3.06. The standard InChI is InChI=1S/C19H21N7O3/c1-28-15-2-4-21-6-14(15)23-19(27)16-17(20)24-26-8-11-7-25(12-9-29-10-12)5-3-13(11)22-18(16)26/h2,4,6,8,12H,3,5,7,9-10H2,1H3,(H2,20,24)(H,23,27). The summed E-state index contributed by atoms with van der Waals surface area (Å²) < 4.78 is 12.2. The SMILES string of the molecule is COc1ccncc1NC(=O)c1c(N)nn2cc3c(nc12)CCN(C1COC1)C3. The number of pyridine rings is 1. The normalized spacial score (nSPS) is 17.0. The van der Waals surface area contributed by atoms with E-state index in [-0.39, 0.29) is 11.4 Å². The van der Waals surface area contributed by atoms with Gasteiger partial charge in [0.2, 0.25) is 0 Å². The average molecular weight is 395 g/mol. The van der Waals surface area contributed by atoms with E-state index >= 15 is 0 Å². The number of rotatable bonds is 4. The Kier molecular flexibility index (Phi) is 4.29. The molecule has 0 aromatic carbocycles. The van der Waals surface area contributed by atoms with Crippen molar-refractivity contribution in [2.24, 2.45) is 0 Å². The van der Waals surface area contributed by atoms with E-state index in [1.54, 1.807) is 16.8 Å². The Bertz CT molecular complexity index is 1090. The van der Waals surface area contributed by atoms with Gasteiger partial charge in [0.05, 0.1) is 38.3 Å². The van der Waals surface area contributed by atoms with Crippen LogP contribution in [0.15, 0.2) is 24.7 Å². The number of anilines is 2. The van der Waals surface area contributed by atoms with E-state index in [0.29, 0.717) is 23.1 Å². The lowest BCUT2D eigenvalue weighted by molar-refractivity contribution is -0.0697. The van der Waals surface area contributed by atoms with Crippen molar-refractivity contribution in [1.82, 2.24) is 24.5 Å². The fourth-order valence-corrected chi connectivity index (χ4v) is 3.76. The minimum absolute atomic E-state index is 0.129. The molecular weight excluding hydrogens is 374 g/mol. The zero-order valence-electron chi connectivity index (χ0n) is 16.0. The number of methoxy groups -OCH3 is 1. The molecule has 150 valence electrons. The van der Waals surface area contributed by atoms with E-state index in [0.717, 1.165) is 44.0 Å². The Morgan fingerprint density at radius 3 is 3.03 bits per heavy atom. The fraction of sp³-hybridized carbons (Fsp3) is 0.368. The topological polar surface area (TPSA) is 120 Å². The minimum Gasteiger partial charge on any atom is -0.494 e. The van der Waals surface area contributed by atoms with Crippen molar-refractivity contribution in [2.75, 3.05) is 37.9 Å². The molecule has 0 atom stereocenters. The van der Waals surface area contributed by atoms with Gasteiger partial charge in [-0.25, -0.2) is 9.50 Å². The van der Waals surface area contributed by atoms with E-state index in [1.807, 2.05) is 6.20 Å². The molecule has 1 fully saturated rings. The van der Waals surface area contributed by atoms with Gasteiger partial charge in [0.15, 0.2) is 11.5 Å². The van der Waals surface area contributed by atoms with E-state index < -0.39 is 5.91 Å². The molecule has 3 N–H and O–H groups in total. The van der Waals surface area contributed by atoms with Crippen LogP contribution in [0.3, 0.4) is 0 Å². The lowest BCUT2D eigenvalue weighted by atomic mass is 10.0. The monoisotopic (exact) mass is 395 g/mol. The number of fused-ring (bicyclic) bond motifs is 2. The number of nitrogens with one attached hydrogen (secondary N) is 1. The summed E-state index contributed by atoms with van der Waals surface area (Å²) in [5.74, 6) is 0.235. The number of hydrogen-bond donors (Lipinski definition) is 2. The molecule has 0 bridgehead atoms. The van der Waals surface area contributed by atoms with E-state index in [2.05, 4.69) is 20.3 Å². The maximum Gasteiger partial charge on any atom is 0.263 e. The summed E-state index contributed by atoms with van der Waals surface area (Å²) >= 11 is 0. The number of amides is 1. The Morgan fingerprint density at radius 2 is 2.28 bits per heavy atom. The Morgan fingerprint density at radius 1 is 1.41 bits per heavy atom. The smallest absolute Gasteiger partial charge is 0.263 e. The number of nitrogens with zero attached hydrogens (tertiary/aromatic N) is 5. The molecule has 0 radical (unpaired) electrons. The number of nitrogen functional groups attached to an aromatic ring is 1. The van der Waals surface area contributed by atoms with Crippen molar-refractivity contribution >= 4 is 23.1 Å². The summed E-state index contributed by atoms with van der Waals surface area (Å²) in [6, 6.07) is 2.14. The quantitative estimate of drug-likeness (QED) is 0.663. The van der Waals surface area contributed by atoms with Crippen LogP contribution in [-0.4, -0.2) is 63.3 Å². The van der Waals surface area contributed by atoms with Gasteiger partial charge < -0.3 is 20.5 Å². The Hall–Kier alpha value is -3.24. The second-order valence-corrected chi connectivity index (χ2v) is 7.18. The third-order valence-corrected chi connectivity index (χ3v) is 5.42. The molecule has 0 aliphatic carbocycles. The molecule has 10 heteroatoms. The van der Waals surface area contributed by atoms with Crippen molar-refractivity contribution in [3.63, 3.8) is 0 Å². The third-order valence-electron chi connectivity index (χ3n) is 5.42. The lowest BCUT2D eigenvalue weighted by Gasteiger charge is -2.39. The number of hydrogen-bond acceptors (Lipinski definition) is 8. The van der Waals surface area contributed by atoms with Crippen molar-refractivity contribution in [2.45, 2.75) is 19.0 Å². The number of carbonyl (C=O) groups is 1. The molecule has 5 rings (SSSR count). The second kappa shape index (κ2) is 6.98. The summed E-state index contributed by atoms with van der Waals surface area (Å²) in [6.07, 6.45) is 5.84. The maximum absolute atomic E-state index is 12.9. The summed E-state index contributed by atoms with van der Waals surface area (Å²) in [7, 11) is 1.53. The van der Waals surface area contributed by atoms with Crippen LogP contribution in [0.2, 0.25) is 0 Å². The van der Waals surface area contributed by atoms with Crippen molar-refractivity contribution in [3.8, 4) is 5.75 Å². The highest BCUT2D eigenvalue weighted by atomic mass is 16.5. The first-order valence-corrected chi connectivity index (χ1v) is 9.42. The number of ether oxygens (including phenoxy) is 2. The summed E-state index contributed by atoms with van der Waals surface area (Å²) in [5.41, 5.74) is 9.29. The van der Waals surface area contributed by atoms with E-state index in [9.17, 15) is 4.79 Å². The second-order valence-electron chi connectivity index (χ2n) is 7.18. The fourth-order valence-electron chi connectivity index (χ4n) is 3.76. The van der Waals surface area contributed by atoms with E-state index in [1.165, 1.54) is 13.3 Å². The van der Waals surface area contributed by atoms with Crippen LogP contribution in [0.25, 0.3) is 5.65 Å². The summed E-state index contributed by atoms with van der Waals surface area (Å²) in [4.78, 5) is 24.1. The molecule has 0 saturated carbocycles. The van der Waals surface area contributed by atoms with Crippen LogP contribution in [-0.2, 0) is 17.7 Å². The van der Waals surface area contributed by atoms with Crippen LogP contribution < -0.4 is 15.8 Å². The zero-order valence-corrected chi connectivity index (χ0v) is 16.0. The van der Waals surface area contributed by atoms with Gasteiger partial charge in [-0.3, -0.25) is 14.7 Å². The van der Waals surface area contributed by atoms with Gasteiger partial charge in [-0.15, -0.1) is 5.10 Å². The van der Waals surface area contributed by atoms with Crippen LogP contribution in [0.5, 0.6) is 5.75 Å². The molecule has 3 aromatic rings. The molecule has 2 aliphatic rings. The Balaban J connectivity index is 1.47. The largest absolute Gasteiger partial charge is 0.494 e. The van der Waals surface area contributed by atoms with Gasteiger partial charge in [0.25, 0.3) is 5.91 Å². The van der Waals surface area contributed by atoms with Crippen LogP contribution >= 0.6 is 0 Å². The molecule has 1 amide bonds. The van der Waals surface area contributed by atoms with E-state index in [4.69, 9.17) is 20.2 Å². The highest BCUT2D eigenvalue weighted by molar-refractivity contribution is 6.12. The number of carbonyl (C=O) groups excluding carboxylic acids is 1. The van der Waals surface area contributed by atoms with Gasteiger partial charge in [-0.1, -0.05) is 0 Å². The maximum atomic E-state index is 12.9. The minimum atomic E-state index is -0.402. The van der Waals surface area contributed by atoms with Gasteiger partial charge in [-0.2, -0.15) is 0 Å². The van der Waals surface area contributed by atoms with Crippen molar-refractivity contribution in [1.29, 1.82) is 0 Å². The van der Waals surface area contributed by atoms with Crippen LogP contribution in [0.1, 0.15) is 21.6 Å². The molecule has 29 heavy (non-hydrogen) atoms. The molecule has 2 aliphatic heterocycles. The molecule has 1 saturated heterocycles. The lowest BCUT2D eigenvalue weighted by Crippen LogP contribution is -2.50. The highest BCUT2D eigenvalue weighted by Gasteiger charge is 2.30. The molecule has 10 nitrogen and oxygen atoms in total. The Labute approximate surface area is 166 Å². The number of aromatic nitrogens is 4. The first kappa shape index (κ1) is 17.8. The zero-order chi connectivity index (χ0) is 20.0. The van der Waals surface area contributed by atoms with Gasteiger partial charge in [0, 0.05) is 43.5 Å². The molecule has 5 heterocycles. The summed E-state index contributed by atoms with van der Waals surface area (Å²) in [6.45, 7) is 3.27. The van der Waals surface area contributed by atoms with Crippen LogP contribution in [0, 0.1) is 0 Å². The average Bonchev–Trinajstić information content (AvgIpc) is 2.99.